The van der Waals surface area contributed by atoms with Gasteiger partial charge in [-0.25, -0.2) is 4.90 Å². The lowest BCUT2D eigenvalue weighted by Crippen LogP contribution is -2.30. The summed E-state index contributed by atoms with van der Waals surface area (Å²) < 4.78 is 5.02. The van der Waals surface area contributed by atoms with Crippen molar-refractivity contribution in [1.82, 2.24) is 5.16 Å². The van der Waals surface area contributed by atoms with Crippen molar-refractivity contribution in [2.24, 2.45) is 11.8 Å². The Kier molecular flexibility index (Phi) is 3.98. The number of hydrogen-bond donors (Lipinski definition) is 1. The molecule has 0 radical (unpaired) electrons. The molecule has 1 aliphatic carbocycles. The summed E-state index contributed by atoms with van der Waals surface area (Å²) in [5.41, 5.74) is 0.736. The first kappa shape index (κ1) is 17.0. The molecule has 138 valence electrons. The van der Waals surface area contributed by atoms with Crippen LogP contribution < -0.4 is 10.2 Å². The highest BCUT2D eigenvalue weighted by Crippen LogP contribution is 2.40. The molecule has 2 heterocycles. The minimum absolute atomic E-state index is 0.179. The van der Waals surface area contributed by atoms with E-state index in [0.717, 1.165) is 4.90 Å². The minimum atomic E-state index is -0.575. The summed E-state index contributed by atoms with van der Waals surface area (Å²) >= 11 is 0. The van der Waals surface area contributed by atoms with Gasteiger partial charge in [0.05, 0.1) is 28.1 Å². The number of carbonyl (C=O) groups is 2. The monoisotopic (exact) mass is 368 g/mol. The van der Waals surface area contributed by atoms with Crippen LogP contribution in [-0.2, 0) is 9.59 Å². The van der Waals surface area contributed by atoms with Crippen LogP contribution in [0.25, 0.3) is 0 Å². The number of rotatable bonds is 4. The number of imide groups is 1. The number of nitrogens with one attached hydrogen (secondary N) is 1. The summed E-state index contributed by atoms with van der Waals surface area (Å²) in [6.45, 7) is 1.73. The zero-order valence-corrected chi connectivity index (χ0v) is 14.4. The maximum atomic E-state index is 12.7. The lowest BCUT2D eigenvalue weighted by Gasteiger charge is -2.15. The number of anilines is 3. The van der Waals surface area contributed by atoms with E-state index in [1.807, 2.05) is 12.2 Å². The van der Waals surface area contributed by atoms with Gasteiger partial charge >= 0.3 is 0 Å². The minimum Gasteiger partial charge on any atom is -0.338 e. The molecule has 9 nitrogen and oxygen atoms in total. The molecule has 2 aliphatic rings. The summed E-state index contributed by atoms with van der Waals surface area (Å²) in [6.07, 6.45) is 4.81. The van der Waals surface area contributed by atoms with Crippen LogP contribution in [0.5, 0.6) is 0 Å². The van der Waals surface area contributed by atoms with Crippen LogP contribution in [0.2, 0.25) is 0 Å². The number of nitro benzene ring substituents is 1. The van der Waals surface area contributed by atoms with Crippen LogP contribution in [-0.4, -0.2) is 21.9 Å². The maximum Gasteiger partial charge on any atom is 0.294 e. The van der Waals surface area contributed by atoms with Gasteiger partial charge in [-0.1, -0.05) is 17.3 Å². The van der Waals surface area contributed by atoms with E-state index in [-0.39, 0.29) is 34.8 Å². The molecule has 4 rings (SSSR count). The van der Waals surface area contributed by atoms with Crippen molar-refractivity contribution in [2.75, 3.05) is 10.2 Å². The third kappa shape index (κ3) is 2.86. The highest BCUT2D eigenvalue weighted by molar-refractivity contribution is 6.22. The fourth-order valence-corrected chi connectivity index (χ4v) is 3.53. The van der Waals surface area contributed by atoms with E-state index in [0.29, 0.717) is 18.5 Å². The second-order valence-electron chi connectivity index (χ2n) is 6.58. The largest absolute Gasteiger partial charge is 0.338 e. The molecule has 1 aromatic heterocycles. The third-order valence-electron chi connectivity index (χ3n) is 4.83. The Morgan fingerprint density at radius 3 is 2.41 bits per heavy atom. The Labute approximate surface area is 153 Å². The highest BCUT2D eigenvalue weighted by atomic mass is 16.6. The predicted octanol–water partition coefficient (Wildman–Crippen LogP) is 3.09. The van der Waals surface area contributed by atoms with Gasteiger partial charge in [-0.2, -0.15) is 0 Å². The standard InChI is InChI=1S/C18H16N4O5/c1-10-8-16(27-20-10)19-14-7-6-11(9-15(14)22(25)26)21-17(23)12-4-2-3-5-13(12)18(21)24/h2-3,6-9,12-13,19H,4-5H2,1H3. The van der Waals surface area contributed by atoms with Crippen molar-refractivity contribution in [3.05, 3.63) is 52.2 Å². The molecule has 9 heteroatoms. The summed E-state index contributed by atoms with van der Waals surface area (Å²) in [7, 11) is 0. The number of aryl methyl sites for hydroxylation is 1. The van der Waals surface area contributed by atoms with Crippen LogP contribution >= 0.6 is 0 Å². The molecule has 0 bridgehead atoms. The molecule has 1 aromatic carbocycles. The molecule has 0 spiro atoms. The van der Waals surface area contributed by atoms with Gasteiger partial charge in [0.15, 0.2) is 0 Å². The van der Waals surface area contributed by atoms with Crippen molar-refractivity contribution in [2.45, 2.75) is 19.8 Å². The molecule has 2 unspecified atom stereocenters. The van der Waals surface area contributed by atoms with Gasteiger partial charge in [0.1, 0.15) is 5.69 Å². The molecule has 1 aliphatic heterocycles. The lowest BCUT2D eigenvalue weighted by atomic mass is 9.85. The van der Waals surface area contributed by atoms with Crippen molar-refractivity contribution in [3.8, 4) is 0 Å². The van der Waals surface area contributed by atoms with Gasteiger partial charge in [-0.15, -0.1) is 0 Å². The van der Waals surface area contributed by atoms with Gasteiger partial charge in [0, 0.05) is 12.1 Å². The van der Waals surface area contributed by atoms with E-state index < -0.39 is 16.8 Å². The molecule has 0 saturated carbocycles. The summed E-state index contributed by atoms with van der Waals surface area (Å²) in [4.78, 5) is 37.4. The second kappa shape index (κ2) is 6.35. The van der Waals surface area contributed by atoms with E-state index in [9.17, 15) is 19.7 Å². The van der Waals surface area contributed by atoms with Crippen LogP contribution in [0, 0.1) is 28.9 Å². The van der Waals surface area contributed by atoms with Crippen LogP contribution in [0.4, 0.5) is 22.9 Å². The molecular formula is C18H16N4O5. The number of nitro groups is 1. The molecule has 27 heavy (non-hydrogen) atoms. The zero-order chi connectivity index (χ0) is 19.1. The third-order valence-corrected chi connectivity index (χ3v) is 4.83. The van der Waals surface area contributed by atoms with Crippen LogP contribution in [0.3, 0.4) is 0 Å². The van der Waals surface area contributed by atoms with Gasteiger partial charge in [-0.3, -0.25) is 19.7 Å². The number of fused-ring (bicyclic) bond motifs is 1. The number of benzene rings is 1. The zero-order valence-electron chi connectivity index (χ0n) is 14.4. The summed E-state index contributed by atoms with van der Waals surface area (Å²) in [6, 6.07) is 5.79. The molecule has 2 amide bonds. The Bertz CT molecular complexity index is 954. The van der Waals surface area contributed by atoms with E-state index in [1.165, 1.54) is 18.2 Å². The van der Waals surface area contributed by atoms with Crippen LogP contribution in [0.1, 0.15) is 18.5 Å². The first-order chi connectivity index (χ1) is 13.0. The van der Waals surface area contributed by atoms with Gasteiger partial charge in [0.2, 0.25) is 17.7 Å². The van der Waals surface area contributed by atoms with Crippen molar-refractivity contribution >= 4 is 34.8 Å². The van der Waals surface area contributed by atoms with Crippen molar-refractivity contribution in [1.29, 1.82) is 0 Å². The first-order valence-corrected chi connectivity index (χ1v) is 8.47. The lowest BCUT2D eigenvalue weighted by molar-refractivity contribution is -0.383. The van der Waals surface area contributed by atoms with E-state index >= 15 is 0 Å². The average molecular weight is 368 g/mol. The van der Waals surface area contributed by atoms with Crippen molar-refractivity contribution < 1.29 is 19.0 Å². The predicted molar refractivity (Wildman–Crippen MR) is 95.5 cm³/mol. The number of amides is 2. The molecule has 1 fully saturated rings. The van der Waals surface area contributed by atoms with Gasteiger partial charge in [-0.05, 0) is 31.9 Å². The molecule has 2 aromatic rings. The van der Waals surface area contributed by atoms with E-state index in [4.69, 9.17) is 4.52 Å². The second-order valence-corrected chi connectivity index (χ2v) is 6.58. The number of nitrogens with zero attached hydrogens (tertiary/aromatic N) is 3. The number of hydrogen-bond acceptors (Lipinski definition) is 7. The number of carbonyl (C=O) groups excluding carboxylic acids is 2. The Morgan fingerprint density at radius 1 is 1.19 bits per heavy atom. The smallest absolute Gasteiger partial charge is 0.294 e. The van der Waals surface area contributed by atoms with Crippen LogP contribution in [0.15, 0.2) is 40.9 Å². The number of allylic oxidation sites excluding steroid dienone is 2. The quantitative estimate of drug-likeness (QED) is 0.381. The maximum absolute atomic E-state index is 12.7. The van der Waals surface area contributed by atoms with Gasteiger partial charge in [0.25, 0.3) is 5.69 Å². The Balaban J connectivity index is 1.68. The van der Waals surface area contributed by atoms with Crippen molar-refractivity contribution in [3.63, 3.8) is 0 Å². The fraction of sp³-hybridized carbons (Fsp3) is 0.278. The molecule has 1 saturated heterocycles. The average Bonchev–Trinajstić information content (AvgIpc) is 3.17. The Morgan fingerprint density at radius 2 is 1.85 bits per heavy atom. The first-order valence-electron chi connectivity index (χ1n) is 8.47. The Hall–Kier alpha value is -3.49. The van der Waals surface area contributed by atoms with E-state index in [2.05, 4.69) is 10.5 Å². The molecule has 2 atom stereocenters. The molecular weight excluding hydrogens is 352 g/mol. The van der Waals surface area contributed by atoms with Gasteiger partial charge < -0.3 is 9.84 Å². The molecule has 1 N–H and O–H groups in total. The SMILES string of the molecule is Cc1cc(Nc2ccc(N3C(=O)C4CC=CCC4C3=O)cc2[N+](=O)[O-])on1. The highest BCUT2D eigenvalue weighted by Gasteiger charge is 2.48. The van der Waals surface area contributed by atoms with E-state index in [1.54, 1.807) is 13.0 Å². The fourth-order valence-electron chi connectivity index (χ4n) is 3.53. The number of aromatic nitrogens is 1. The normalized spacial score (nSPS) is 21.4. The topological polar surface area (TPSA) is 119 Å². The summed E-state index contributed by atoms with van der Waals surface area (Å²) in [5.74, 6) is -1.15. The summed E-state index contributed by atoms with van der Waals surface area (Å²) in [5, 5.41) is 18.0.